The van der Waals surface area contributed by atoms with Crippen LogP contribution in [0, 0.1) is 5.92 Å². The van der Waals surface area contributed by atoms with Crippen LogP contribution in [0.15, 0.2) is 0 Å². The summed E-state index contributed by atoms with van der Waals surface area (Å²) in [4.78, 5) is 11.8. The molecule has 126 valence electrons. The van der Waals surface area contributed by atoms with Crippen molar-refractivity contribution in [3.05, 3.63) is 0 Å². The van der Waals surface area contributed by atoms with Crippen LogP contribution in [-0.4, -0.2) is 48.1 Å². The van der Waals surface area contributed by atoms with Crippen molar-refractivity contribution < 1.29 is 19.0 Å². The first kappa shape index (κ1) is 20.9. The summed E-state index contributed by atoms with van der Waals surface area (Å²) in [6.07, 6.45) is -0.426. The van der Waals surface area contributed by atoms with Gasteiger partial charge in [-0.25, -0.2) is 4.79 Å². The van der Waals surface area contributed by atoms with Crippen molar-refractivity contribution in [3.8, 4) is 0 Å². The third kappa shape index (κ3) is 9.52. The van der Waals surface area contributed by atoms with Gasteiger partial charge in [0.2, 0.25) is 0 Å². The summed E-state index contributed by atoms with van der Waals surface area (Å²) in [5.74, 6) is 0.341. The number of nitrogens with one attached hydrogen (secondary N) is 1. The molecule has 0 radical (unpaired) electrons. The van der Waals surface area contributed by atoms with Crippen LogP contribution >= 0.6 is 22.6 Å². The van der Waals surface area contributed by atoms with E-state index >= 15 is 0 Å². The van der Waals surface area contributed by atoms with Gasteiger partial charge >= 0.3 is 6.09 Å². The van der Waals surface area contributed by atoms with E-state index < -0.39 is 17.3 Å². The van der Waals surface area contributed by atoms with Crippen molar-refractivity contribution in [1.29, 1.82) is 0 Å². The Kier molecular flexibility index (Phi) is 9.11. The summed E-state index contributed by atoms with van der Waals surface area (Å²) in [6.45, 7) is 12.6. The first-order valence-electron chi connectivity index (χ1n) is 7.22. The van der Waals surface area contributed by atoms with Gasteiger partial charge in [-0.3, -0.25) is 0 Å². The van der Waals surface area contributed by atoms with Crippen LogP contribution in [0.25, 0.3) is 0 Å². The van der Waals surface area contributed by atoms with Crippen LogP contribution in [0.3, 0.4) is 0 Å². The second-order valence-electron chi connectivity index (χ2n) is 6.79. The van der Waals surface area contributed by atoms with Crippen molar-refractivity contribution in [1.82, 2.24) is 5.32 Å². The number of rotatable bonds is 8. The number of methoxy groups -OCH3 is 1. The Morgan fingerprint density at radius 3 is 2.19 bits per heavy atom. The zero-order valence-electron chi connectivity index (χ0n) is 14.3. The molecule has 0 aromatic rings. The van der Waals surface area contributed by atoms with Gasteiger partial charge in [0.15, 0.2) is 0 Å². The SMILES string of the molecule is COCC(OC(C)(CI)CNC(=O)OC(C)(C)C)C(C)C. The molecule has 1 N–H and O–H groups in total. The second-order valence-corrected chi connectivity index (χ2v) is 7.56. The molecule has 0 heterocycles. The summed E-state index contributed by atoms with van der Waals surface area (Å²) in [7, 11) is 1.67. The molecule has 2 unspecified atom stereocenters. The highest BCUT2D eigenvalue weighted by atomic mass is 127. The molecule has 0 fully saturated rings. The molecule has 6 heteroatoms. The zero-order chi connectivity index (χ0) is 16.7. The normalized spacial score (nSPS) is 16.4. The fourth-order valence-corrected chi connectivity index (χ4v) is 2.04. The van der Waals surface area contributed by atoms with Crippen LogP contribution in [0.1, 0.15) is 41.5 Å². The molecular weight excluding hydrogens is 385 g/mol. The molecule has 21 heavy (non-hydrogen) atoms. The Morgan fingerprint density at radius 2 is 1.81 bits per heavy atom. The molecule has 0 saturated carbocycles. The van der Waals surface area contributed by atoms with Gasteiger partial charge in [-0.2, -0.15) is 0 Å². The maximum absolute atomic E-state index is 11.8. The highest BCUT2D eigenvalue weighted by Crippen LogP contribution is 2.20. The summed E-state index contributed by atoms with van der Waals surface area (Å²) in [5, 5.41) is 2.79. The number of amides is 1. The van der Waals surface area contributed by atoms with E-state index in [0.29, 0.717) is 19.1 Å². The van der Waals surface area contributed by atoms with E-state index in [1.807, 2.05) is 27.7 Å². The number of alkyl carbamates (subject to hydrolysis) is 1. The molecule has 0 aliphatic heterocycles. The molecule has 0 aliphatic rings. The van der Waals surface area contributed by atoms with E-state index in [1.165, 1.54) is 0 Å². The van der Waals surface area contributed by atoms with E-state index in [4.69, 9.17) is 14.2 Å². The molecule has 0 rings (SSSR count). The first-order chi connectivity index (χ1) is 9.53. The van der Waals surface area contributed by atoms with Crippen LogP contribution in [0.2, 0.25) is 0 Å². The molecule has 0 aliphatic carbocycles. The zero-order valence-corrected chi connectivity index (χ0v) is 16.4. The maximum Gasteiger partial charge on any atom is 0.407 e. The summed E-state index contributed by atoms with van der Waals surface area (Å²) in [6, 6.07) is 0. The van der Waals surface area contributed by atoms with E-state index in [0.717, 1.165) is 4.43 Å². The largest absolute Gasteiger partial charge is 0.444 e. The first-order valence-corrected chi connectivity index (χ1v) is 8.75. The molecule has 2 atom stereocenters. The van der Waals surface area contributed by atoms with Crippen molar-refractivity contribution >= 4 is 28.7 Å². The number of alkyl halides is 1. The Morgan fingerprint density at radius 1 is 1.24 bits per heavy atom. The van der Waals surface area contributed by atoms with Crippen molar-refractivity contribution in [2.24, 2.45) is 5.92 Å². The van der Waals surface area contributed by atoms with Crippen LogP contribution in [-0.2, 0) is 14.2 Å². The quantitative estimate of drug-likeness (QED) is 0.488. The van der Waals surface area contributed by atoms with Crippen molar-refractivity contribution in [3.63, 3.8) is 0 Å². The lowest BCUT2D eigenvalue weighted by atomic mass is 10.1. The number of hydrogen-bond acceptors (Lipinski definition) is 4. The standard InChI is InChI=1S/C15H30INO4/c1-11(2)12(8-19-7)20-15(6,9-16)10-17-13(18)21-14(3,4)5/h11-12H,8-10H2,1-7H3,(H,17,18). The van der Waals surface area contributed by atoms with Gasteiger partial charge in [-0.1, -0.05) is 36.4 Å². The number of carbonyl (C=O) groups is 1. The lowest BCUT2D eigenvalue weighted by Gasteiger charge is -2.34. The van der Waals surface area contributed by atoms with Crippen LogP contribution in [0.5, 0.6) is 0 Å². The number of carbonyl (C=O) groups excluding carboxylic acids is 1. The third-order valence-electron chi connectivity index (χ3n) is 2.80. The fourth-order valence-electron chi connectivity index (χ4n) is 1.59. The van der Waals surface area contributed by atoms with E-state index in [-0.39, 0.29) is 6.10 Å². The van der Waals surface area contributed by atoms with E-state index in [1.54, 1.807) is 7.11 Å². The van der Waals surface area contributed by atoms with Crippen LogP contribution in [0.4, 0.5) is 4.79 Å². The minimum absolute atomic E-state index is 0.00444. The molecule has 0 aromatic heterocycles. The van der Waals surface area contributed by atoms with Gasteiger partial charge in [-0.05, 0) is 33.6 Å². The molecule has 0 saturated heterocycles. The number of halogens is 1. The van der Waals surface area contributed by atoms with Gasteiger partial charge in [0.25, 0.3) is 0 Å². The molecular formula is C15H30INO4. The highest BCUT2D eigenvalue weighted by Gasteiger charge is 2.30. The monoisotopic (exact) mass is 415 g/mol. The summed E-state index contributed by atoms with van der Waals surface area (Å²) < 4.78 is 17.4. The second kappa shape index (κ2) is 9.15. The predicted octanol–water partition coefficient (Wildman–Crippen LogP) is 3.39. The topological polar surface area (TPSA) is 56.8 Å². The molecule has 0 bridgehead atoms. The number of ether oxygens (including phenoxy) is 3. The average Bonchev–Trinajstić information content (AvgIpc) is 2.34. The minimum Gasteiger partial charge on any atom is -0.444 e. The molecule has 1 amide bonds. The predicted molar refractivity (Wildman–Crippen MR) is 93.1 cm³/mol. The van der Waals surface area contributed by atoms with E-state index in [9.17, 15) is 4.79 Å². The highest BCUT2D eigenvalue weighted by molar-refractivity contribution is 14.1. The summed E-state index contributed by atoms with van der Waals surface area (Å²) >= 11 is 2.27. The van der Waals surface area contributed by atoms with E-state index in [2.05, 4.69) is 41.8 Å². The number of hydrogen-bond donors (Lipinski definition) is 1. The lowest BCUT2D eigenvalue weighted by Crippen LogP contribution is -2.48. The Labute approximate surface area is 142 Å². The van der Waals surface area contributed by atoms with Gasteiger partial charge in [-0.15, -0.1) is 0 Å². The average molecular weight is 415 g/mol. The van der Waals surface area contributed by atoms with Gasteiger partial charge in [0.1, 0.15) is 5.60 Å². The Bertz CT molecular complexity index is 317. The fraction of sp³-hybridized carbons (Fsp3) is 0.933. The molecule has 0 aromatic carbocycles. The molecule has 5 nitrogen and oxygen atoms in total. The third-order valence-corrected chi connectivity index (χ3v) is 4.41. The van der Waals surface area contributed by atoms with Gasteiger partial charge < -0.3 is 19.5 Å². The van der Waals surface area contributed by atoms with Crippen LogP contribution < -0.4 is 5.32 Å². The lowest BCUT2D eigenvalue weighted by molar-refractivity contribution is -0.108. The smallest absolute Gasteiger partial charge is 0.407 e. The minimum atomic E-state index is -0.498. The Balaban J connectivity index is 4.55. The maximum atomic E-state index is 11.8. The van der Waals surface area contributed by atoms with Gasteiger partial charge in [0.05, 0.1) is 24.9 Å². The molecule has 0 spiro atoms. The van der Waals surface area contributed by atoms with Crippen molar-refractivity contribution in [2.45, 2.75) is 58.8 Å². The summed E-state index contributed by atoms with van der Waals surface area (Å²) in [5.41, 5.74) is -0.951. The van der Waals surface area contributed by atoms with Gasteiger partial charge in [0, 0.05) is 11.5 Å². The van der Waals surface area contributed by atoms with Crippen molar-refractivity contribution in [2.75, 3.05) is 24.7 Å². The Hall–Kier alpha value is -0.0800.